The predicted octanol–water partition coefficient (Wildman–Crippen LogP) is 3.82. The van der Waals surface area contributed by atoms with Gasteiger partial charge < -0.3 is 14.4 Å². The molecule has 0 bridgehead atoms. The van der Waals surface area contributed by atoms with Crippen molar-refractivity contribution in [3.63, 3.8) is 0 Å². The number of methoxy groups -OCH3 is 1. The number of benzene rings is 1. The fraction of sp³-hybridized carbons (Fsp3) is 0.353. The molecule has 0 aliphatic heterocycles. The monoisotopic (exact) mass is 319 g/mol. The number of thiophene rings is 1. The van der Waals surface area contributed by atoms with Crippen molar-refractivity contribution in [2.24, 2.45) is 0 Å². The number of carbonyl (C=O) groups excluding carboxylic acids is 1. The maximum absolute atomic E-state index is 12.7. The lowest BCUT2D eigenvalue weighted by Crippen LogP contribution is -2.30. The minimum Gasteiger partial charge on any atom is -0.493 e. The number of rotatable bonds is 7. The zero-order chi connectivity index (χ0) is 15.9. The van der Waals surface area contributed by atoms with Crippen LogP contribution in [0.2, 0.25) is 0 Å². The van der Waals surface area contributed by atoms with E-state index in [1.54, 1.807) is 36.6 Å². The van der Waals surface area contributed by atoms with Gasteiger partial charge in [0, 0.05) is 17.0 Å². The van der Waals surface area contributed by atoms with Crippen molar-refractivity contribution in [3.05, 3.63) is 46.2 Å². The highest BCUT2D eigenvalue weighted by molar-refractivity contribution is 7.09. The first-order valence-corrected chi connectivity index (χ1v) is 8.20. The minimum absolute atomic E-state index is 0.000457. The normalized spacial score (nSPS) is 10.3. The van der Waals surface area contributed by atoms with Gasteiger partial charge in [0.05, 0.1) is 20.3 Å². The highest BCUT2D eigenvalue weighted by atomic mass is 32.1. The molecule has 0 spiro atoms. The second kappa shape index (κ2) is 7.84. The summed E-state index contributed by atoms with van der Waals surface area (Å²) in [6, 6.07) is 9.35. The minimum atomic E-state index is -0.000457. The predicted molar refractivity (Wildman–Crippen MR) is 88.9 cm³/mol. The van der Waals surface area contributed by atoms with Crippen molar-refractivity contribution in [2.45, 2.75) is 20.4 Å². The third-order valence-corrected chi connectivity index (χ3v) is 4.17. The van der Waals surface area contributed by atoms with Crippen molar-refractivity contribution in [3.8, 4) is 11.5 Å². The molecule has 1 aromatic heterocycles. The van der Waals surface area contributed by atoms with E-state index in [1.807, 2.05) is 36.3 Å². The van der Waals surface area contributed by atoms with Crippen molar-refractivity contribution in [1.29, 1.82) is 0 Å². The zero-order valence-corrected chi connectivity index (χ0v) is 14.0. The number of carbonyl (C=O) groups is 1. The van der Waals surface area contributed by atoms with Crippen LogP contribution in [0, 0.1) is 0 Å². The molecule has 2 aromatic rings. The largest absolute Gasteiger partial charge is 0.493 e. The van der Waals surface area contributed by atoms with Crippen molar-refractivity contribution in [2.75, 3.05) is 20.3 Å². The molecule has 0 fully saturated rings. The molecule has 0 atom stereocenters. The van der Waals surface area contributed by atoms with Crippen LogP contribution in [0.25, 0.3) is 0 Å². The first-order valence-electron chi connectivity index (χ1n) is 7.32. The summed E-state index contributed by atoms with van der Waals surface area (Å²) >= 11 is 1.66. The summed E-state index contributed by atoms with van der Waals surface area (Å²) in [4.78, 5) is 15.7. The Labute approximate surface area is 135 Å². The molecule has 0 saturated carbocycles. The molecule has 0 aliphatic carbocycles. The molecule has 2 rings (SSSR count). The Hall–Kier alpha value is -2.01. The van der Waals surface area contributed by atoms with Gasteiger partial charge in [0.15, 0.2) is 11.5 Å². The van der Waals surface area contributed by atoms with Crippen LogP contribution < -0.4 is 9.47 Å². The summed E-state index contributed by atoms with van der Waals surface area (Å²) in [6.45, 7) is 5.71. The lowest BCUT2D eigenvalue weighted by molar-refractivity contribution is 0.0753. The molecule has 1 amide bonds. The first-order chi connectivity index (χ1) is 10.7. The summed E-state index contributed by atoms with van der Waals surface area (Å²) < 4.78 is 10.8. The van der Waals surface area contributed by atoms with Gasteiger partial charge in [-0.3, -0.25) is 4.79 Å². The molecule has 4 nitrogen and oxygen atoms in total. The van der Waals surface area contributed by atoms with Gasteiger partial charge in [0.25, 0.3) is 5.91 Å². The Balaban J connectivity index is 2.21. The van der Waals surface area contributed by atoms with Gasteiger partial charge in [0.2, 0.25) is 0 Å². The average Bonchev–Trinajstić information content (AvgIpc) is 3.05. The van der Waals surface area contributed by atoms with Gasteiger partial charge in [0.1, 0.15) is 0 Å². The van der Waals surface area contributed by atoms with Gasteiger partial charge in [-0.2, -0.15) is 0 Å². The maximum atomic E-state index is 12.7. The number of hydrogen-bond donors (Lipinski definition) is 0. The van der Waals surface area contributed by atoms with E-state index in [0.29, 0.717) is 36.8 Å². The molecular formula is C17H21NO3S. The summed E-state index contributed by atoms with van der Waals surface area (Å²) in [5.74, 6) is 1.24. The molecule has 118 valence electrons. The van der Waals surface area contributed by atoms with E-state index >= 15 is 0 Å². The van der Waals surface area contributed by atoms with Crippen molar-refractivity contribution < 1.29 is 14.3 Å². The van der Waals surface area contributed by atoms with Crippen LogP contribution in [-0.2, 0) is 6.54 Å². The van der Waals surface area contributed by atoms with E-state index in [-0.39, 0.29) is 5.91 Å². The molecular weight excluding hydrogens is 298 g/mol. The average molecular weight is 319 g/mol. The van der Waals surface area contributed by atoms with Crippen LogP contribution in [-0.4, -0.2) is 31.1 Å². The maximum Gasteiger partial charge on any atom is 0.254 e. The Morgan fingerprint density at radius 2 is 2.05 bits per heavy atom. The van der Waals surface area contributed by atoms with Gasteiger partial charge in [-0.1, -0.05) is 6.07 Å². The number of nitrogens with zero attached hydrogens (tertiary/aromatic N) is 1. The molecule has 1 aromatic carbocycles. The molecule has 22 heavy (non-hydrogen) atoms. The van der Waals surface area contributed by atoms with E-state index in [9.17, 15) is 4.79 Å². The third-order valence-electron chi connectivity index (χ3n) is 3.31. The summed E-state index contributed by atoms with van der Waals surface area (Å²) in [5.41, 5.74) is 0.614. The van der Waals surface area contributed by atoms with Crippen LogP contribution in [0.4, 0.5) is 0 Å². The molecule has 5 heteroatoms. The van der Waals surface area contributed by atoms with Crippen LogP contribution in [0.3, 0.4) is 0 Å². The fourth-order valence-corrected chi connectivity index (χ4v) is 2.90. The Bertz CT molecular complexity index is 610. The SMILES string of the molecule is CCOc1cc(C(=O)N(CC)Cc2cccs2)ccc1OC. The van der Waals surface area contributed by atoms with E-state index in [1.165, 1.54) is 4.88 Å². The van der Waals surface area contributed by atoms with E-state index in [0.717, 1.165) is 0 Å². The lowest BCUT2D eigenvalue weighted by Gasteiger charge is -2.21. The summed E-state index contributed by atoms with van der Waals surface area (Å²) in [5, 5.41) is 2.02. The second-order valence-electron chi connectivity index (χ2n) is 4.70. The van der Waals surface area contributed by atoms with Gasteiger partial charge in [-0.15, -0.1) is 11.3 Å². The first kappa shape index (κ1) is 16.4. The molecule has 0 saturated heterocycles. The van der Waals surface area contributed by atoms with E-state index in [4.69, 9.17) is 9.47 Å². The second-order valence-corrected chi connectivity index (χ2v) is 5.73. The lowest BCUT2D eigenvalue weighted by atomic mass is 10.1. The molecule has 0 aliphatic rings. The number of amides is 1. The smallest absolute Gasteiger partial charge is 0.254 e. The van der Waals surface area contributed by atoms with Crippen LogP contribution in [0.5, 0.6) is 11.5 Å². The van der Waals surface area contributed by atoms with Crippen LogP contribution >= 0.6 is 11.3 Å². The van der Waals surface area contributed by atoms with Crippen molar-refractivity contribution in [1.82, 2.24) is 4.90 Å². The molecule has 0 N–H and O–H groups in total. The highest BCUT2D eigenvalue weighted by Gasteiger charge is 2.17. The standard InChI is InChI=1S/C17H21NO3S/c1-4-18(12-14-7-6-10-22-14)17(19)13-8-9-15(20-3)16(11-13)21-5-2/h6-11H,4-5,12H2,1-3H3. The fourth-order valence-electron chi connectivity index (χ4n) is 2.18. The quantitative estimate of drug-likeness (QED) is 0.779. The third kappa shape index (κ3) is 3.80. The highest BCUT2D eigenvalue weighted by Crippen LogP contribution is 2.28. The van der Waals surface area contributed by atoms with Crippen LogP contribution in [0.1, 0.15) is 29.1 Å². The van der Waals surface area contributed by atoms with Gasteiger partial charge >= 0.3 is 0 Å². The van der Waals surface area contributed by atoms with Gasteiger partial charge in [-0.25, -0.2) is 0 Å². The Morgan fingerprint density at radius 3 is 2.64 bits per heavy atom. The van der Waals surface area contributed by atoms with Gasteiger partial charge in [-0.05, 0) is 43.5 Å². The van der Waals surface area contributed by atoms with Crippen molar-refractivity contribution >= 4 is 17.2 Å². The van der Waals surface area contributed by atoms with E-state index in [2.05, 4.69) is 0 Å². The Kier molecular flexibility index (Phi) is 5.83. The zero-order valence-electron chi connectivity index (χ0n) is 13.2. The molecule has 0 unspecified atom stereocenters. The molecule has 1 heterocycles. The van der Waals surface area contributed by atoms with Crippen LogP contribution in [0.15, 0.2) is 35.7 Å². The summed E-state index contributed by atoms with van der Waals surface area (Å²) in [6.07, 6.45) is 0. The van der Waals surface area contributed by atoms with E-state index < -0.39 is 0 Å². The number of hydrogen-bond acceptors (Lipinski definition) is 4. The topological polar surface area (TPSA) is 38.8 Å². The number of ether oxygens (including phenoxy) is 2. The molecule has 0 radical (unpaired) electrons. The summed E-state index contributed by atoms with van der Waals surface area (Å²) in [7, 11) is 1.59. The Morgan fingerprint density at radius 1 is 1.23 bits per heavy atom.